The summed E-state index contributed by atoms with van der Waals surface area (Å²) in [6.07, 6.45) is 6.79. The highest BCUT2D eigenvalue weighted by Gasteiger charge is 2.21. The van der Waals surface area contributed by atoms with Gasteiger partial charge in [0.05, 0.1) is 23.2 Å². The van der Waals surface area contributed by atoms with Crippen LogP contribution in [0.1, 0.15) is 25.5 Å². The van der Waals surface area contributed by atoms with Crippen LogP contribution in [-0.2, 0) is 4.74 Å². The van der Waals surface area contributed by atoms with Gasteiger partial charge in [-0.25, -0.2) is 9.67 Å². The lowest BCUT2D eigenvalue weighted by Gasteiger charge is -2.23. The Balaban J connectivity index is 2.08. The maximum absolute atomic E-state index is 5.74. The Bertz CT molecular complexity index is 564. The molecule has 2 aromatic heterocycles. The van der Waals surface area contributed by atoms with E-state index in [0.717, 1.165) is 40.7 Å². The van der Waals surface area contributed by atoms with Gasteiger partial charge in [-0.05, 0) is 35.2 Å². The molecule has 1 fully saturated rings. The summed E-state index contributed by atoms with van der Waals surface area (Å²) in [5.41, 5.74) is 0.807. The van der Waals surface area contributed by atoms with Crippen LogP contribution in [0.3, 0.4) is 0 Å². The minimum Gasteiger partial charge on any atom is -0.495 e. The summed E-state index contributed by atoms with van der Waals surface area (Å²) in [6, 6.07) is 0. The van der Waals surface area contributed by atoms with Crippen molar-refractivity contribution in [3.63, 3.8) is 0 Å². The number of nitrogens with zero attached hydrogens (tertiary/aromatic N) is 3. The van der Waals surface area contributed by atoms with Crippen LogP contribution in [0.5, 0.6) is 5.75 Å². The molecule has 1 aliphatic rings. The first-order valence-electron chi connectivity index (χ1n) is 5.98. The molecule has 1 aliphatic heterocycles. The van der Waals surface area contributed by atoms with E-state index in [0.29, 0.717) is 0 Å². The summed E-state index contributed by atoms with van der Waals surface area (Å²) in [6.45, 7) is 0.791. The van der Waals surface area contributed by atoms with Crippen molar-refractivity contribution in [2.24, 2.45) is 0 Å². The molecule has 18 heavy (non-hydrogen) atoms. The molecule has 0 aromatic carbocycles. The summed E-state index contributed by atoms with van der Waals surface area (Å²) >= 11 is 3.43. The zero-order valence-corrected chi connectivity index (χ0v) is 11.7. The molecule has 0 N–H and O–H groups in total. The fraction of sp³-hybridized carbons (Fsp3) is 0.500. The van der Waals surface area contributed by atoms with Crippen LogP contribution in [0.2, 0.25) is 0 Å². The second-order valence-corrected chi connectivity index (χ2v) is 5.14. The van der Waals surface area contributed by atoms with E-state index in [-0.39, 0.29) is 6.23 Å². The van der Waals surface area contributed by atoms with Crippen molar-refractivity contribution in [1.82, 2.24) is 14.8 Å². The van der Waals surface area contributed by atoms with Gasteiger partial charge in [0.25, 0.3) is 0 Å². The molecule has 5 nitrogen and oxygen atoms in total. The van der Waals surface area contributed by atoms with Crippen LogP contribution in [0, 0.1) is 0 Å². The van der Waals surface area contributed by atoms with E-state index in [4.69, 9.17) is 9.47 Å². The molecule has 3 heterocycles. The molecule has 0 spiro atoms. The lowest BCUT2D eigenvalue weighted by atomic mass is 10.2. The fourth-order valence-electron chi connectivity index (χ4n) is 2.28. The highest BCUT2D eigenvalue weighted by atomic mass is 79.9. The summed E-state index contributed by atoms with van der Waals surface area (Å²) < 4.78 is 13.8. The van der Waals surface area contributed by atoms with Gasteiger partial charge in [-0.15, -0.1) is 0 Å². The molecule has 3 rings (SSSR count). The third-order valence-corrected chi connectivity index (χ3v) is 3.73. The molecule has 0 radical (unpaired) electrons. The van der Waals surface area contributed by atoms with Crippen molar-refractivity contribution in [2.75, 3.05) is 13.7 Å². The third-order valence-electron chi connectivity index (χ3n) is 3.16. The SMILES string of the molecule is COc1c(Br)cnc2c1cnn2C1CCCCO1. The average Bonchev–Trinajstić information content (AvgIpc) is 2.83. The van der Waals surface area contributed by atoms with Crippen LogP contribution in [-0.4, -0.2) is 28.5 Å². The second-order valence-electron chi connectivity index (χ2n) is 4.29. The number of hydrogen-bond acceptors (Lipinski definition) is 4. The first-order chi connectivity index (χ1) is 8.81. The highest BCUT2D eigenvalue weighted by molar-refractivity contribution is 9.10. The molecule has 0 aliphatic carbocycles. The number of pyridine rings is 1. The second kappa shape index (κ2) is 4.85. The van der Waals surface area contributed by atoms with Crippen LogP contribution in [0.25, 0.3) is 11.0 Å². The Morgan fingerprint density at radius 2 is 2.33 bits per heavy atom. The summed E-state index contributed by atoms with van der Waals surface area (Å²) in [7, 11) is 1.65. The van der Waals surface area contributed by atoms with Crippen molar-refractivity contribution in [3.8, 4) is 5.75 Å². The van der Waals surface area contributed by atoms with Gasteiger partial charge in [-0.2, -0.15) is 5.10 Å². The quantitative estimate of drug-likeness (QED) is 0.855. The van der Waals surface area contributed by atoms with E-state index < -0.39 is 0 Å². The van der Waals surface area contributed by atoms with Gasteiger partial charge >= 0.3 is 0 Å². The van der Waals surface area contributed by atoms with Gasteiger partial charge in [-0.1, -0.05) is 0 Å². The van der Waals surface area contributed by atoms with Crippen LogP contribution in [0.15, 0.2) is 16.9 Å². The predicted octanol–water partition coefficient (Wildman–Crippen LogP) is 2.90. The van der Waals surface area contributed by atoms with Gasteiger partial charge in [0, 0.05) is 12.8 Å². The van der Waals surface area contributed by atoms with Gasteiger partial charge < -0.3 is 9.47 Å². The Kier molecular flexibility index (Phi) is 3.22. The maximum atomic E-state index is 5.74. The minimum atomic E-state index is -0.00497. The molecule has 1 saturated heterocycles. The number of hydrogen-bond donors (Lipinski definition) is 0. The van der Waals surface area contributed by atoms with Crippen LogP contribution >= 0.6 is 15.9 Å². The lowest BCUT2D eigenvalue weighted by Crippen LogP contribution is -2.19. The monoisotopic (exact) mass is 311 g/mol. The summed E-state index contributed by atoms with van der Waals surface area (Å²) in [5, 5.41) is 5.30. The van der Waals surface area contributed by atoms with E-state index in [1.165, 1.54) is 6.42 Å². The standard InChI is InChI=1S/C12H14BrN3O2/c1-17-11-8-6-15-16(10-4-2-3-5-18-10)12(8)14-7-9(11)13/h6-7,10H,2-5H2,1H3. The maximum Gasteiger partial charge on any atom is 0.164 e. The molecule has 1 unspecified atom stereocenters. The van der Waals surface area contributed by atoms with E-state index >= 15 is 0 Å². The Morgan fingerprint density at radius 3 is 3.06 bits per heavy atom. The van der Waals surface area contributed by atoms with Crippen molar-refractivity contribution in [1.29, 1.82) is 0 Å². The molecule has 96 valence electrons. The number of aromatic nitrogens is 3. The molecular formula is C12H14BrN3O2. The summed E-state index contributed by atoms with van der Waals surface area (Å²) in [5.74, 6) is 0.766. The Hall–Kier alpha value is -1.14. The van der Waals surface area contributed by atoms with Crippen molar-refractivity contribution < 1.29 is 9.47 Å². The Morgan fingerprint density at radius 1 is 1.44 bits per heavy atom. The van der Waals surface area contributed by atoms with E-state index in [2.05, 4.69) is 26.0 Å². The van der Waals surface area contributed by atoms with E-state index in [1.54, 1.807) is 19.5 Å². The molecular weight excluding hydrogens is 298 g/mol. The zero-order valence-electron chi connectivity index (χ0n) is 10.1. The molecule has 2 aromatic rings. The van der Waals surface area contributed by atoms with Gasteiger partial charge in [0.15, 0.2) is 11.9 Å². The first-order valence-corrected chi connectivity index (χ1v) is 6.78. The predicted molar refractivity (Wildman–Crippen MR) is 70.6 cm³/mol. The Labute approximate surface area is 113 Å². The lowest BCUT2D eigenvalue weighted by molar-refractivity contribution is -0.0370. The topological polar surface area (TPSA) is 49.2 Å². The fourth-order valence-corrected chi connectivity index (χ4v) is 2.76. The average molecular weight is 312 g/mol. The largest absolute Gasteiger partial charge is 0.495 e. The van der Waals surface area contributed by atoms with Crippen molar-refractivity contribution in [2.45, 2.75) is 25.5 Å². The smallest absolute Gasteiger partial charge is 0.164 e. The van der Waals surface area contributed by atoms with Crippen molar-refractivity contribution in [3.05, 3.63) is 16.9 Å². The molecule has 0 amide bonds. The number of halogens is 1. The van der Waals surface area contributed by atoms with Gasteiger partial charge in [0.1, 0.15) is 5.75 Å². The number of methoxy groups -OCH3 is 1. The van der Waals surface area contributed by atoms with Crippen LogP contribution in [0.4, 0.5) is 0 Å². The normalized spacial score (nSPS) is 20.2. The molecule has 6 heteroatoms. The number of rotatable bonds is 2. The van der Waals surface area contributed by atoms with E-state index in [1.807, 2.05) is 4.68 Å². The van der Waals surface area contributed by atoms with Crippen molar-refractivity contribution >= 4 is 27.0 Å². The van der Waals surface area contributed by atoms with E-state index in [9.17, 15) is 0 Å². The third kappa shape index (κ3) is 1.89. The summed E-state index contributed by atoms with van der Waals surface area (Å²) in [4.78, 5) is 4.42. The zero-order chi connectivity index (χ0) is 12.5. The first kappa shape index (κ1) is 11.9. The number of ether oxygens (including phenoxy) is 2. The van der Waals surface area contributed by atoms with Crippen LogP contribution < -0.4 is 4.74 Å². The minimum absolute atomic E-state index is 0.00497. The van der Waals surface area contributed by atoms with Gasteiger partial charge in [-0.3, -0.25) is 0 Å². The molecule has 0 saturated carbocycles. The highest BCUT2D eigenvalue weighted by Crippen LogP contribution is 2.34. The molecule has 0 bridgehead atoms. The van der Waals surface area contributed by atoms with Gasteiger partial charge in [0.2, 0.25) is 0 Å². The molecule has 1 atom stereocenters. The number of fused-ring (bicyclic) bond motifs is 1.